The number of unbranched alkanes of at least 4 members (excludes halogenated alkanes) is 2. The number of aliphatic imine (C=N–C) groups is 2. The number of piperidine rings is 1. The summed E-state index contributed by atoms with van der Waals surface area (Å²) in [5, 5.41) is 4.33. The molecule has 0 saturated carbocycles. The summed E-state index contributed by atoms with van der Waals surface area (Å²) < 4.78 is 20.2. The second-order valence-corrected chi connectivity index (χ2v) is 7.95. The summed E-state index contributed by atoms with van der Waals surface area (Å²) in [4.78, 5) is 11.2. The standard InChI is InChI=1S/C20H32BrFN6O/c1-3-18-20(21)19(28(23)26-18)7-5-4-6-12-29-17-8-10-27(11-9-17)15-25-14-16(22)13-24-2/h13-14,17H,2-12,15,23H2,1H3/b16-13+,25-14?. The van der Waals surface area contributed by atoms with Crippen LogP contribution < -0.4 is 5.84 Å². The smallest absolute Gasteiger partial charge is 0.159 e. The zero-order chi connectivity index (χ0) is 21.1. The Kier molecular flexibility index (Phi) is 10.5. The molecule has 1 fully saturated rings. The van der Waals surface area contributed by atoms with Crippen molar-refractivity contribution in [1.82, 2.24) is 14.8 Å². The Bertz CT molecular complexity index is 697. The largest absolute Gasteiger partial charge is 0.378 e. The highest BCUT2D eigenvalue weighted by Gasteiger charge is 2.19. The average molecular weight is 471 g/mol. The van der Waals surface area contributed by atoms with Crippen molar-refractivity contribution in [3.63, 3.8) is 0 Å². The topological polar surface area (TPSA) is 81.0 Å². The van der Waals surface area contributed by atoms with Gasteiger partial charge in [-0.1, -0.05) is 13.3 Å². The van der Waals surface area contributed by atoms with Crippen LogP contribution in [0, 0.1) is 0 Å². The fourth-order valence-corrected chi connectivity index (χ4v) is 4.09. The molecule has 0 spiro atoms. The van der Waals surface area contributed by atoms with Crippen LogP contribution in [0.1, 0.15) is 50.4 Å². The predicted octanol–water partition coefficient (Wildman–Crippen LogP) is 3.66. The Labute approximate surface area is 181 Å². The molecule has 1 saturated heterocycles. The fourth-order valence-electron chi connectivity index (χ4n) is 3.35. The molecule has 29 heavy (non-hydrogen) atoms. The second kappa shape index (κ2) is 12.9. The maximum Gasteiger partial charge on any atom is 0.159 e. The van der Waals surface area contributed by atoms with E-state index >= 15 is 0 Å². The third-order valence-corrected chi connectivity index (χ3v) is 5.92. The zero-order valence-electron chi connectivity index (χ0n) is 17.2. The highest BCUT2D eigenvalue weighted by atomic mass is 79.9. The van der Waals surface area contributed by atoms with Gasteiger partial charge in [0.05, 0.1) is 41.0 Å². The number of hydrogen-bond donors (Lipinski definition) is 1. The lowest BCUT2D eigenvalue weighted by molar-refractivity contribution is 0.00656. The Morgan fingerprint density at radius 2 is 2.14 bits per heavy atom. The van der Waals surface area contributed by atoms with Crippen LogP contribution in [0.15, 0.2) is 26.5 Å². The molecule has 0 atom stereocenters. The molecule has 0 amide bonds. The molecule has 1 aliphatic rings. The number of likely N-dealkylation sites (tertiary alicyclic amines) is 1. The van der Waals surface area contributed by atoms with Gasteiger partial charge in [0.25, 0.3) is 0 Å². The van der Waals surface area contributed by atoms with Gasteiger partial charge in [0.15, 0.2) is 5.83 Å². The Morgan fingerprint density at radius 3 is 2.79 bits per heavy atom. The number of rotatable bonds is 12. The van der Waals surface area contributed by atoms with Crippen molar-refractivity contribution in [2.75, 3.05) is 32.2 Å². The quantitative estimate of drug-likeness (QED) is 0.287. The van der Waals surface area contributed by atoms with Crippen LogP contribution in [0.3, 0.4) is 0 Å². The van der Waals surface area contributed by atoms with E-state index in [9.17, 15) is 4.39 Å². The van der Waals surface area contributed by atoms with Crippen LogP contribution >= 0.6 is 15.9 Å². The van der Waals surface area contributed by atoms with Crippen molar-refractivity contribution < 1.29 is 9.13 Å². The number of nitrogens with two attached hydrogens (primary N) is 1. The number of nitrogens with zero attached hydrogens (tertiary/aromatic N) is 5. The molecular formula is C20H32BrFN6O. The molecule has 0 aromatic carbocycles. The van der Waals surface area contributed by atoms with Gasteiger partial charge in [0, 0.05) is 19.7 Å². The Hall–Kier alpha value is -1.58. The van der Waals surface area contributed by atoms with Crippen LogP contribution in [-0.2, 0) is 17.6 Å². The Morgan fingerprint density at radius 1 is 1.38 bits per heavy atom. The minimum atomic E-state index is -0.479. The van der Waals surface area contributed by atoms with Crippen molar-refractivity contribution in [3.05, 3.63) is 27.9 Å². The van der Waals surface area contributed by atoms with Gasteiger partial charge >= 0.3 is 0 Å². The molecule has 7 nitrogen and oxygen atoms in total. The van der Waals surface area contributed by atoms with Gasteiger partial charge in [-0.05, 0) is 61.2 Å². The molecule has 2 N–H and O–H groups in total. The second-order valence-electron chi connectivity index (χ2n) is 7.15. The monoisotopic (exact) mass is 470 g/mol. The number of aryl methyl sites for hydroxylation is 1. The molecule has 0 radical (unpaired) electrons. The van der Waals surface area contributed by atoms with Gasteiger partial charge < -0.3 is 10.6 Å². The summed E-state index contributed by atoms with van der Waals surface area (Å²) in [6.45, 7) is 8.41. The molecule has 2 rings (SSSR count). The highest BCUT2D eigenvalue weighted by Crippen LogP contribution is 2.22. The van der Waals surface area contributed by atoms with Gasteiger partial charge in [-0.25, -0.2) is 4.39 Å². The van der Waals surface area contributed by atoms with E-state index in [1.165, 1.54) is 11.0 Å². The van der Waals surface area contributed by atoms with Gasteiger partial charge in [-0.3, -0.25) is 14.9 Å². The van der Waals surface area contributed by atoms with Crippen LogP contribution in [0.4, 0.5) is 4.39 Å². The first kappa shape index (κ1) is 23.7. The van der Waals surface area contributed by atoms with Crippen molar-refractivity contribution in [3.8, 4) is 0 Å². The number of ether oxygens (including phenoxy) is 1. The van der Waals surface area contributed by atoms with E-state index in [1.54, 1.807) is 0 Å². The van der Waals surface area contributed by atoms with Crippen molar-refractivity contribution in [1.29, 1.82) is 0 Å². The zero-order valence-corrected chi connectivity index (χ0v) is 18.8. The molecule has 1 aromatic heterocycles. The van der Waals surface area contributed by atoms with E-state index in [-0.39, 0.29) is 0 Å². The van der Waals surface area contributed by atoms with Gasteiger partial charge in [-0.15, -0.1) is 0 Å². The van der Waals surface area contributed by atoms with Crippen molar-refractivity contribution in [2.24, 2.45) is 9.98 Å². The first-order valence-electron chi connectivity index (χ1n) is 10.2. The van der Waals surface area contributed by atoms with E-state index in [0.717, 1.165) is 86.7 Å². The minimum Gasteiger partial charge on any atom is -0.378 e. The summed E-state index contributed by atoms with van der Waals surface area (Å²) in [6.07, 6.45) is 9.53. The van der Waals surface area contributed by atoms with Gasteiger partial charge in [0.1, 0.15) is 0 Å². The minimum absolute atomic E-state index is 0.309. The van der Waals surface area contributed by atoms with E-state index in [1.807, 2.05) is 0 Å². The van der Waals surface area contributed by atoms with E-state index in [4.69, 9.17) is 10.6 Å². The maximum absolute atomic E-state index is 13.1. The third kappa shape index (κ3) is 7.98. The SMILES string of the molecule is C=N/C=C(/F)C=NCN1CCC(OCCCCCc2c(Br)c(CC)nn2N)CC1. The Balaban J connectivity index is 1.54. The number of nitrogen functional groups attached to an aromatic ring is 1. The first-order valence-corrected chi connectivity index (χ1v) is 11.0. The van der Waals surface area contributed by atoms with Crippen LogP contribution in [0.25, 0.3) is 0 Å². The lowest BCUT2D eigenvalue weighted by Crippen LogP contribution is -2.37. The van der Waals surface area contributed by atoms with E-state index in [2.05, 4.69) is 49.6 Å². The summed E-state index contributed by atoms with van der Waals surface area (Å²) in [5.74, 6) is 5.46. The molecule has 2 heterocycles. The summed E-state index contributed by atoms with van der Waals surface area (Å²) in [6, 6.07) is 0. The number of allylic oxidation sites excluding steroid dienone is 1. The summed E-state index contributed by atoms with van der Waals surface area (Å²) in [7, 11) is 0. The van der Waals surface area contributed by atoms with Gasteiger partial charge in [0.2, 0.25) is 0 Å². The normalized spacial score (nSPS) is 16.7. The first-order chi connectivity index (χ1) is 14.0. The van der Waals surface area contributed by atoms with Crippen molar-refractivity contribution >= 4 is 28.9 Å². The van der Waals surface area contributed by atoms with Crippen LogP contribution in [-0.4, -0.2) is 60.2 Å². The van der Waals surface area contributed by atoms with E-state index < -0.39 is 5.83 Å². The third-order valence-electron chi connectivity index (χ3n) is 5.00. The van der Waals surface area contributed by atoms with Gasteiger partial charge in [-0.2, -0.15) is 9.89 Å². The lowest BCUT2D eigenvalue weighted by atomic mass is 10.1. The molecule has 162 valence electrons. The molecule has 0 bridgehead atoms. The maximum atomic E-state index is 13.1. The summed E-state index contributed by atoms with van der Waals surface area (Å²) >= 11 is 3.60. The number of hydrogen-bond acceptors (Lipinski definition) is 6. The molecular weight excluding hydrogens is 439 g/mol. The molecule has 1 aromatic rings. The number of halogens is 2. The molecule has 0 aliphatic carbocycles. The molecule has 9 heteroatoms. The number of aromatic nitrogens is 2. The van der Waals surface area contributed by atoms with Crippen LogP contribution in [0.5, 0.6) is 0 Å². The molecule has 1 aliphatic heterocycles. The molecule has 0 unspecified atom stereocenters. The van der Waals surface area contributed by atoms with E-state index in [0.29, 0.717) is 12.8 Å². The highest BCUT2D eigenvalue weighted by molar-refractivity contribution is 9.10. The average Bonchev–Trinajstić information content (AvgIpc) is 2.99. The van der Waals surface area contributed by atoms with Crippen LogP contribution in [0.2, 0.25) is 0 Å². The van der Waals surface area contributed by atoms with Crippen molar-refractivity contribution in [2.45, 2.75) is 58.0 Å². The predicted molar refractivity (Wildman–Crippen MR) is 120 cm³/mol. The fraction of sp³-hybridized carbons (Fsp3) is 0.650. The summed E-state index contributed by atoms with van der Waals surface area (Å²) in [5.41, 5.74) is 2.08. The lowest BCUT2D eigenvalue weighted by Gasteiger charge is -2.30.